The first-order valence-corrected chi connectivity index (χ1v) is 7.84. The van der Waals surface area contributed by atoms with Gasteiger partial charge in [0, 0.05) is 12.6 Å². The van der Waals surface area contributed by atoms with Gasteiger partial charge in [-0.25, -0.2) is 0 Å². The lowest BCUT2D eigenvalue weighted by molar-refractivity contribution is -0.160. The molecule has 19 heavy (non-hydrogen) atoms. The van der Waals surface area contributed by atoms with Gasteiger partial charge in [-0.3, -0.25) is 4.90 Å². The van der Waals surface area contributed by atoms with Crippen LogP contribution in [0.1, 0.15) is 63.0 Å². The van der Waals surface area contributed by atoms with E-state index in [1.165, 1.54) is 44.1 Å². The highest BCUT2D eigenvalue weighted by Gasteiger charge is 2.40. The monoisotopic (exact) mass is 259 g/mol. The Labute approximate surface area is 116 Å². The third-order valence-corrected chi connectivity index (χ3v) is 4.88. The van der Waals surface area contributed by atoms with Crippen LogP contribution >= 0.6 is 0 Å². The highest BCUT2D eigenvalue weighted by Crippen LogP contribution is 2.41. The van der Waals surface area contributed by atoms with E-state index in [4.69, 9.17) is 0 Å². The molecular formula is C17H25NO. The highest BCUT2D eigenvalue weighted by atomic mass is 16.3. The molecule has 1 aromatic rings. The molecule has 0 amide bonds. The molecule has 0 bridgehead atoms. The second-order valence-electron chi connectivity index (χ2n) is 6.16. The summed E-state index contributed by atoms with van der Waals surface area (Å²) < 4.78 is 0. The second-order valence-corrected chi connectivity index (χ2v) is 6.16. The summed E-state index contributed by atoms with van der Waals surface area (Å²) in [5.74, 6) is 0. The molecular weight excluding hydrogens is 234 g/mol. The Kier molecular flexibility index (Phi) is 3.90. The fourth-order valence-electron chi connectivity index (χ4n) is 3.86. The van der Waals surface area contributed by atoms with Gasteiger partial charge in [0.1, 0.15) is 5.72 Å². The second kappa shape index (κ2) is 5.64. The van der Waals surface area contributed by atoms with E-state index >= 15 is 0 Å². The Morgan fingerprint density at radius 2 is 1.68 bits per heavy atom. The summed E-state index contributed by atoms with van der Waals surface area (Å²) in [6.45, 7) is 1.05. The van der Waals surface area contributed by atoms with Crippen molar-refractivity contribution in [2.45, 2.75) is 63.1 Å². The number of rotatable bonds is 2. The largest absolute Gasteiger partial charge is 0.376 e. The average Bonchev–Trinajstić information content (AvgIpc) is 2.49. The smallest absolute Gasteiger partial charge is 0.119 e. The molecule has 1 saturated heterocycles. The van der Waals surface area contributed by atoms with Crippen molar-refractivity contribution in [3.63, 3.8) is 0 Å². The van der Waals surface area contributed by atoms with Crippen LogP contribution in [0, 0.1) is 0 Å². The average molecular weight is 259 g/mol. The van der Waals surface area contributed by atoms with Gasteiger partial charge >= 0.3 is 0 Å². The third kappa shape index (κ3) is 2.70. The fourth-order valence-corrected chi connectivity index (χ4v) is 3.86. The number of piperidine rings is 1. The fraction of sp³-hybridized carbons (Fsp3) is 0.647. The minimum Gasteiger partial charge on any atom is -0.376 e. The van der Waals surface area contributed by atoms with Crippen molar-refractivity contribution >= 4 is 0 Å². The third-order valence-electron chi connectivity index (χ3n) is 4.88. The first-order valence-electron chi connectivity index (χ1n) is 7.84. The Morgan fingerprint density at radius 3 is 2.42 bits per heavy atom. The minimum atomic E-state index is -0.542. The van der Waals surface area contributed by atoms with Crippen LogP contribution in [0.25, 0.3) is 0 Å². The van der Waals surface area contributed by atoms with Gasteiger partial charge in [-0.2, -0.15) is 0 Å². The summed E-state index contributed by atoms with van der Waals surface area (Å²) >= 11 is 0. The van der Waals surface area contributed by atoms with Gasteiger partial charge in [-0.15, -0.1) is 0 Å². The Hall–Kier alpha value is -0.860. The van der Waals surface area contributed by atoms with Crippen molar-refractivity contribution in [2.24, 2.45) is 0 Å². The maximum absolute atomic E-state index is 11.1. The standard InChI is InChI=1S/C17H25NO/c19-17(12-6-2-7-13-17)18-14-8-5-11-16(18)15-9-3-1-4-10-15/h1,3-4,9-10,16,19H,2,5-8,11-14H2. The molecule has 1 saturated carbocycles. The molecule has 1 aliphatic heterocycles. The maximum atomic E-state index is 11.1. The lowest BCUT2D eigenvalue weighted by Crippen LogP contribution is -2.53. The van der Waals surface area contributed by atoms with Gasteiger partial charge in [0.05, 0.1) is 0 Å². The molecule has 2 nitrogen and oxygen atoms in total. The summed E-state index contributed by atoms with van der Waals surface area (Å²) in [6, 6.07) is 11.2. The number of hydrogen-bond donors (Lipinski definition) is 1. The van der Waals surface area contributed by atoms with Gasteiger partial charge in [-0.1, -0.05) is 43.2 Å². The summed E-state index contributed by atoms with van der Waals surface area (Å²) in [5, 5.41) is 11.1. The molecule has 0 radical (unpaired) electrons. The summed E-state index contributed by atoms with van der Waals surface area (Å²) in [5.41, 5.74) is 0.834. The quantitative estimate of drug-likeness (QED) is 0.871. The molecule has 2 fully saturated rings. The summed E-state index contributed by atoms with van der Waals surface area (Å²) in [4.78, 5) is 2.41. The van der Waals surface area contributed by atoms with E-state index < -0.39 is 5.72 Å². The molecule has 3 rings (SSSR count). The number of likely N-dealkylation sites (tertiary alicyclic amines) is 1. The first kappa shape index (κ1) is 13.1. The number of nitrogens with zero attached hydrogens (tertiary/aromatic N) is 1. The minimum absolute atomic E-state index is 0.415. The van der Waals surface area contributed by atoms with Crippen LogP contribution in [0.3, 0.4) is 0 Å². The van der Waals surface area contributed by atoms with E-state index in [-0.39, 0.29) is 0 Å². The van der Waals surface area contributed by atoms with E-state index in [1.54, 1.807) is 0 Å². The van der Waals surface area contributed by atoms with Crippen LogP contribution < -0.4 is 0 Å². The predicted octanol–water partition coefficient (Wildman–Crippen LogP) is 3.87. The lowest BCUT2D eigenvalue weighted by atomic mass is 9.85. The predicted molar refractivity (Wildman–Crippen MR) is 77.8 cm³/mol. The zero-order valence-corrected chi connectivity index (χ0v) is 11.7. The Morgan fingerprint density at radius 1 is 0.947 bits per heavy atom. The molecule has 104 valence electrons. The van der Waals surface area contributed by atoms with Crippen LogP contribution in [0.4, 0.5) is 0 Å². The van der Waals surface area contributed by atoms with Gasteiger partial charge < -0.3 is 5.11 Å². The van der Waals surface area contributed by atoms with E-state index in [2.05, 4.69) is 35.2 Å². The van der Waals surface area contributed by atoms with Gasteiger partial charge in [-0.05, 0) is 44.1 Å². The van der Waals surface area contributed by atoms with Crippen molar-refractivity contribution in [1.29, 1.82) is 0 Å². The normalized spacial score (nSPS) is 28.2. The zero-order chi connectivity index (χ0) is 13.1. The number of benzene rings is 1. The Balaban J connectivity index is 1.84. The molecule has 1 unspecified atom stereocenters. The van der Waals surface area contributed by atoms with Gasteiger partial charge in [0.2, 0.25) is 0 Å². The molecule has 0 spiro atoms. The van der Waals surface area contributed by atoms with Crippen molar-refractivity contribution in [3.05, 3.63) is 35.9 Å². The summed E-state index contributed by atoms with van der Waals surface area (Å²) in [7, 11) is 0. The zero-order valence-electron chi connectivity index (χ0n) is 11.7. The SMILES string of the molecule is OC1(N2CCCCC2c2ccccc2)CCCCC1. The highest BCUT2D eigenvalue weighted by molar-refractivity contribution is 5.20. The molecule has 2 heteroatoms. The van der Waals surface area contributed by atoms with Crippen LogP contribution in [-0.4, -0.2) is 22.3 Å². The molecule has 2 aliphatic rings. The topological polar surface area (TPSA) is 23.5 Å². The van der Waals surface area contributed by atoms with Gasteiger partial charge in [0.15, 0.2) is 0 Å². The van der Waals surface area contributed by atoms with Crippen LogP contribution in [0.15, 0.2) is 30.3 Å². The van der Waals surface area contributed by atoms with Gasteiger partial charge in [0.25, 0.3) is 0 Å². The van der Waals surface area contributed by atoms with Crippen molar-refractivity contribution in [3.8, 4) is 0 Å². The molecule has 1 N–H and O–H groups in total. The van der Waals surface area contributed by atoms with Crippen molar-refractivity contribution in [1.82, 2.24) is 4.90 Å². The van der Waals surface area contributed by atoms with E-state index in [0.29, 0.717) is 6.04 Å². The molecule has 1 aromatic carbocycles. The first-order chi connectivity index (χ1) is 9.30. The summed E-state index contributed by atoms with van der Waals surface area (Å²) in [6.07, 6.45) is 9.24. The van der Waals surface area contributed by atoms with E-state index in [1.807, 2.05) is 0 Å². The molecule has 0 aromatic heterocycles. The molecule has 1 heterocycles. The van der Waals surface area contributed by atoms with Crippen LogP contribution in [-0.2, 0) is 0 Å². The van der Waals surface area contributed by atoms with E-state index in [9.17, 15) is 5.11 Å². The maximum Gasteiger partial charge on any atom is 0.119 e. The molecule has 1 atom stereocenters. The van der Waals surface area contributed by atoms with Crippen molar-refractivity contribution in [2.75, 3.05) is 6.54 Å². The lowest BCUT2D eigenvalue weighted by Gasteiger charge is -2.48. The number of hydrogen-bond acceptors (Lipinski definition) is 2. The number of aliphatic hydroxyl groups is 1. The Bertz CT molecular complexity index is 397. The van der Waals surface area contributed by atoms with Crippen LogP contribution in [0.2, 0.25) is 0 Å². The van der Waals surface area contributed by atoms with Crippen LogP contribution in [0.5, 0.6) is 0 Å². The van der Waals surface area contributed by atoms with E-state index in [0.717, 1.165) is 19.4 Å². The molecule has 1 aliphatic carbocycles. The van der Waals surface area contributed by atoms with Crippen molar-refractivity contribution < 1.29 is 5.11 Å².